The van der Waals surface area contributed by atoms with Crippen molar-refractivity contribution in [3.63, 3.8) is 0 Å². The van der Waals surface area contributed by atoms with Gasteiger partial charge in [0.25, 0.3) is 5.88 Å². The van der Waals surface area contributed by atoms with Crippen LogP contribution in [-0.4, -0.2) is 27.9 Å². The summed E-state index contributed by atoms with van der Waals surface area (Å²) in [7, 11) is 0. The molecule has 0 N–H and O–H groups in total. The smallest absolute Gasteiger partial charge is 0.271 e. The second-order valence-corrected chi connectivity index (χ2v) is 4.99. The second kappa shape index (κ2) is 5.48. The minimum atomic E-state index is 0.162. The van der Waals surface area contributed by atoms with Crippen molar-refractivity contribution in [2.45, 2.75) is 45.6 Å². The lowest BCUT2D eigenvalue weighted by atomic mass is 10.2. The molecule has 0 bridgehead atoms. The van der Waals surface area contributed by atoms with Crippen molar-refractivity contribution in [2.24, 2.45) is 0 Å². The number of ether oxygens (including phenoxy) is 1. The molecular formula is C11H19N3OS. The molecule has 1 aliphatic rings. The Morgan fingerprint density at radius 3 is 2.44 bits per heavy atom. The van der Waals surface area contributed by atoms with E-state index in [1.165, 1.54) is 37.4 Å². The molecule has 2 rings (SSSR count). The summed E-state index contributed by atoms with van der Waals surface area (Å²) in [5.41, 5.74) is 0. The molecule has 0 saturated carbocycles. The van der Waals surface area contributed by atoms with E-state index < -0.39 is 0 Å². The van der Waals surface area contributed by atoms with Gasteiger partial charge in [-0.1, -0.05) is 12.8 Å². The Labute approximate surface area is 101 Å². The highest BCUT2D eigenvalue weighted by Crippen LogP contribution is 2.28. The Morgan fingerprint density at radius 2 is 1.81 bits per heavy atom. The van der Waals surface area contributed by atoms with Crippen LogP contribution in [0.3, 0.4) is 0 Å². The summed E-state index contributed by atoms with van der Waals surface area (Å²) in [5, 5.41) is 0. The summed E-state index contributed by atoms with van der Waals surface area (Å²) in [5.74, 6) is 1.66. The molecule has 90 valence electrons. The molecule has 1 saturated heterocycles. The Bertz CT molecular complexity index is 319. The lowest BCUT2D eigenvalue weighted by molar-refractivity contribution is 0.235. The first-order valence-electron chi connectivity index (χ1n) is 6.01. The molecule has 0 unspecified atom stereocenters. The minimum absolute atomic E-state index is 0.162. The number of aromatic nitrogens is 2. The van der Waals surface area contributed by atoms with Crippen molar-refractivity contribution in [3.05, 3.63) is 0 Å². The van der Waals surface area contributed by atoms with E-state index in [1.807, 2.05) is 13.8 Å². The SMILES string of the molecule is CC(C)Oc1nsnc1N1CCCCCC1. The van der Waals surface area contributed by atoms with Crippen molar-refractivity contribution in [1.29, 1.82) is 0 Å². The highest BCUT2D eigenvalue weighted by molar-refractivity contribution is 6.99. The van der Waals surface area contributed by atoms with Crippen molar-refractivity contribution in [2.75, 3.05) is 18.0 Å². The Morgan fingerprint density at radius 1 is 1.12 bits per heavy atom. The summed E-state index contributed by atoms with van der Waals surface area (Å²) >= 11 is 1.24. The normalized spacial score (nSPS) is 17.6. The van der Waals surface area contributed by atoms with E-state index in [1.54, 1.807) is 0 Å². The van der Waals surface area contributed by atoms with Gasteiger partial charge in [0.15, 0.2) is 0 Å². The maximum atomic E-state index is 5.67. The molecule has 1 fully saturated rings. The van der Waals surface area contributed by atoms with Crippen LogP contribution in [0.1, 0.15) is 39.5 Å². The van der Waals surface area contributed by atoms with Gasteiger partial charge in [0.2, 0.25) is 5.82 Å². The van der Waals surface area contributed by atoms with Crippen LogP contribution in [0.15, 0.2) is 0 Å². The highest BCUT2D eigenvalue weighted by atomic mass is 32.1. The van der Waals surface area contributed by atoms with Crippen LogP contribution in [0.4, 0.5) is 5.82 Å². The molecule has 0 aliphatic carbocycles. The van der Waals surface area contributed by atoms with Crippen LogP contribution in [0.25, 0.3) is 0 Å². The molecule has 1 aromatic rings. The summed E-state index contributed by atoms with van der Waals surface area (Å²) < 4.78 is 14.3. The van der Waals surface area contributed by atoms with E-state index >= 15 is 0 Å². The summed E-state index contributed by atoms with van der Waals surface area (Å²) in [4.78, 5) is 2.31. The zero-order chi connectivity index (χ0) is 11.4. The van der Waals surface area contributed by atoms with Gasteiger partial charge in [-0.05, 0) is 26.7 Å². The largest absolute Gasteiger partial charge is 0.472 e. The summed E-state index contributed by atoms with van der Waals surface area (Å²) in [6.07, 6.45) is 5.31. The topological polar surface area (TPSA) is 38.3 Å². The quantitative estimate of drug-likeness (QED) is 0.815. The molecule has 0 radical (unpaired) electrons. The zero-order valence-corrected chi connectivity index (χ0v) is 10.8. The van der Waals surface area contributed by atoms with E-state index in [0.717, 1.165) is 18.9 Å². The first kappa shape index (κ1) is 11.6. The lowest BCUT2D eigenvalue weighted by Crippen LogP contribution is -2.25. The third-order valence-corrected chi connectivity index (χ3v) is 3.20. The molecule has 16 heavy (non-hydrogen) atoms. The Balaban J connectivity index is 2.09. The van der Waals surface area contributed by atoms with Crippen LogP contribution in [0.5, 0.6) is 5.88 Å². The van der Waals surface area contributed by atoms with E-state index in [2.05, 4.69) is 13.6 Å². The van der Waals surface area contributed by atoms with Gasteiger partial charge in [0.1, 0.15) is 0 Å². The van der Waals surface area contributed by atoms with Crippen molar-refractivity contribution >= 4 is 17.5 Å². The lowest BCUT2D eigenvalue weighted by Gasteiger charge is -2.20. The molecule has 0 spiro atoms. The van der Waals surface area contributed by atoms with E-state index in [4.69, 9.17) is 4.74 Å². The fourth-order valence-corrected chi connectivity index (χ4v) is 2.46. The molecule has 2 heterocycles. The number of rotatable bonds is 3. The second-order valence-electron chi connectivity index (χ2n) is 4.46. The zero-order valence-electron chi connectivity index (χ0n) is 9.98. The van der Waals surface area contributed by atoms with E-state index in [-0.39, 0.29) is 6.10 Å². The van der Waals surface area contributed by atoms with Crippen LogP contribution in [0.2, 0.25) is 0 Å². The number of nitrogens with zero attached hydrogens (tertiary/aromatic N) is 3. The molecule has 0 atom stereocenters. The highest BCUT2D eigenvalue weighted by Gasteiger charge is 2.19. The van der Waals surface area contributed by atoms with Gasteiger partial charge < -0.3 is 9.64 Å². The van der Waals surface area contributed by atoms with Gasteiger partial charge in [-0.3, -0.25) is 0 Å². The fraction of sp³-hybridized carbons (Fsp3) is 0.818. The number of hydrogen-bond donors (Lipinski definition) is 0. The van der Waals surface area contributed by atoms with Gasteiger partial charge in [-0.15, -0.1) is 4.37 Å². The van der Waals surface area contributed by atoms with Gasteiger partial charge >= 0.3 is 0 Å². The first-order chi connectivity index (χ1) is 7.77. The van der Waals surface area contributed by atoms with Crippen molar-refractivity contribution in [1.82, 2.24) is 8.75 Å². The average molecular weight is 241 g/mol. The fourth-order valence-electron chi connectivity index (χ4n) is 1.95. The van der Waals surface area contributed by atoms with Crippen LogP contribution in [0, 0.1) is 0 Å². The standard InChI is InChI=1S/C11H19N3OS/c1-9(2)15-11-10(12-16-13-11)14-7-5-3-4-6-8-14/h9H,3-8H2,1-2H3. The maximum Gasteiger partial charge on any atom is 0.271 e. The van der Waals surface area contributed by atoms with E-state index in [9.17, 15) is 0 Å². The predicted molar refractivity (Wildman–Crippen MR) is 66.4 cm³/mol. The third kappa shape index (κ3) is 2.84. The van der Waals surface area contributed by atoms with Gasteiger partial charge in [0.05, 0.1) is 17.8 Å². The van der Waals surface area contributed by atoms with Gasteiger partial charge in [0, 0.05) is 13.1 Å². The molecule has 1 aromatic heterocycles. The predicted octanol–water partition coefficient (Wildman–Crippen LogP) is 2.71. The first-order valence-corrected chi connectivity index (χ1v) is 6.74. The van der Waals surface area contributed by atoms with Crippen LogP contribution < -0.4 is 9.64 Å². The molecule has 4 nitrogen and oxygen atoms in total. The monoisotopic (exact) mass is 241 g/mol. The summed E-state index contributed by atoms with van der Waals surface area (Å²) in [6.45, 7) is 6.21. The maximum absolute atomic E-state index is 5.67. The van der Waals surface area contributed by atoms with Crippen molar-refractivity contribution < 1.29 is 4.74 Å². The Kier molecular flexibility index (Phi) is 3.98. The average Bonchev–Trinajstić information content (AvgIpc) is 2.53. The van der Waals surface area contributed by atoms with Crippen LogP contribution in [-0.2, 0) is 0 Å². The van der Waals surface area contributed by atoms with Gasteiger partial charge in [-0.25, -0.2) is 0 Å². The molecular weight excluding hydrogens is 222 g/mol. The van der Waals surface area contributed by atoms with Crippen molar-refractivity contribution in [3.8, 4) is 5.88 Å². The van der Waals surface area contributed by atoms with Gasteiger partial charge in [-0.2, -0.15) is 4.37 Å². The molecule has 0 aromatic carbocycles. The molecule has 1 aliphatic heterocycles. The minimum Gasteiger partial charge on any atom is -0.472 e. The number of hydrogen-bond acceptors (Lipinski definition) is 5. The molecule has 0 amide bonds. The molecule has 5 heteroatoms. The third-order valence-electron chi connectivity index (χ3n) is 2.70. The van der Waals surface area contributed by atoms with E-state index in [0.29, 0.717) is 5.88 Å². The van der Waals surface area contributed by atoms with Crippen LogP contribution >= 0.6 is 11.7 Å². The number of anilines is 1. The Hall–Kier alpha value is -0.840. The summed E-state index contributed by atoms with van der Waals surface area (Å²) in [6, 6.07) is 0.